The molecule has 4 aromatic rings. The van der Waals surface area contributed by atoms with Gasteiger partial charge in [-0.05, 0) is 69.0 Å². The van der Waals surface area contributed by atoms with E-state index >= 15 is 0 Å². The number of fused-ring (bicyclic) bond motifs is 4. The second kappa shape index (κ2) is 18.3. The van der Waals surface area contributed by atoms with Crippen LogP contribution >= 0.6 is 0 Å². The first kappa shape index (κ1) is 55.4. The molecule has 65 heavy (non-hydrogen) atoms. The molecule has 0 heterocycles. The molecule has 0 saturated carbocycles. The van der Waals surface area contributed by atoms with Crippen LogP contribution in [0.2, 0.25) is 0 Å². The summed E-state index contributed by atoms with van der Waals surface area (Å²) in [5.41, 5.74) is 24.4. The summed E-state index contributed by atoms with van der Waals surface area (Å²) in [7, 11) is 0. The summed E-state index contributed by atoms with van der Waals surface area (Å²) in [4.78, 5) is 0. The summed E-state index contributed by atoms with van der Waals surface area (Å²) in [6, 6.07) is 24.5. The summed E-state index contributed by atoms with van der Waals surface area (Å²) in [6.45, 7) is 47.1. The largest absolute Gasteiger partial charge is 4.00 e. The van der Waals surface area contributed by atoms with Gasteiger partial charge in [0.2, 0.25) is 0 Å². The Hall–Kier alpha value is -2.19. The van der Waals surface area contributed by atoms with Gasteiger partial charge in [0.1, 0.15) is 0 Å². The van der Waals surface area contributed by atoms with Gasteiger partial charge in [-0.1, -0.05) is 255 Å². The van der Waals surface area contributed by atoms with E-state index in [1.165, 1.54) is 104 Å². The van der Waals surface area contributed by atoms with E-state index in [0.29, 0.717) is 0 Å². The van der Waals surface area contributed by atoms with E-state index in [2.05, 4.69) is 211 Å². The molecule has 0 fully saturated rings. The van der Waals surface area contributed by atoms with Crippen molar-refractivity contribution in [2.45, 2.75) is 220 Å². The molecule has 0 atom stereocenters. The molecule has 3 heteroatoms. The minimum absolute atomic E-state index is 0. The quantitative estimate of drug-likeness (QED) is 0.139. The van der Waals surface area contributed by atoms with E-state index in [0.717, 1.165) is 12.8 Å². The fraction of sp³-hybridized carbons (Fsp3) is 0.548. The van der Waals surface area contributed by atoms with Crippen LogP contribution in [0.4, 0.5) is 0 Å². The summed E-state index contributed by atoms with van der Waals surface area (Å²) in [6.07, 6.45) is 14.7. The average Bonchev–Trinajstić information content (AvgIpc) is 3.77. The third kappa shape index (κ3) is 11.3. The zero-order valence-electron chi connectivity index (χ0n) is 44.3. The standard InChI is InChI=1S/2C31H41.2ClH.Hf/c2*1-28(2,3)24-15-23(16-25(19-24)29(4,5)6)20-13-21-17-26-27(18-22(21)14-20)31(9,10)12-11-30(26,7)8;;;/h2*15-19H,11-13H2,1-10H3;2*1H;/q2*-1;;;+4/p-2. The van der Waals surface area contributed by atoms with Crippen LogP contribution in [0.15, 0.2) is 60.7 Å². The molecule has 8 rings (SSSR count). The van der Waals surface area contributed by atoms with Crippen LogP contribution < -0.4 is 24.8 Å². The van der Waals surface area contributed by atoms with Crippen LogP contribution in [0.3, 0.4) is 0 Å². The summed E-state index contributed by atoms with van der Waals surface area (Å²) in [5.74, 6) is 0. The maximum Gasteiger partial charge on any atom is 4.00 e. The first-order chi connectivity index (χ1) is 28.2. The van der Waals surface area contributed by atoms with Gasteiger partial charge in [-0.3, -0.25) is 0 Å². The van der Waals surface area contributed by atoms with Crippen LogP contribution in [0.1, 0.15) is 242 Å². The first-order valence-corrected chi connectivity index (χ1v) is 24.1. The van der Waals surface area contributed by atoms with E-state index in [1.807, 2.05) is 0 Å². The predicted molar refractivity (Wildman–Crippen MR) is 270 cm³/mol. The molecule has 4 aromatic carbocycles. The van der Waals surface area contributed by atoms with Crippen LogP contribution in [0.5, 0.6) is 0 Å². The molecule has 0 N–H and O–H groups in total. The van der Waals surface area contributed by atoms with Crippen LogP contribution in [-0.4, -0.2) is 0 Å². The maximum absolute atomic E-state index is 3.84. The monoisotopic (exact) mass is 1080 g/mol. The van der Waals surface area contributed by atoms with Crippen molar-refractivity contribution in [3.63, 3.8) is 0 Å². The first-order valence-electron chi connectivity index (χ1n) is 24.1. The van der Waals surface area contributed by atoms with Crippen LogP contribution in [0, 0.1) is 12.2 Å². The SMILES string of the molecule is CC(C)(C)c1cc(C2=[C-]c3cc4c(cc3C2)C(C)(C)CCC4(C)C)cc(C(C)(C)C)c1.CC(C)(C)c1cc(C2=[C-]c3cc4c(cc3C2)C(C)(C)CCC4(C)C)cc(C(C)(C)C)c1.[Cl-].[Cl-].[Hf+4]. The molecule has 0 radical (unpaired) electrons. The van der Waals surface area contributed by atoms with Crippen molar-refractivity contribution in [2.75, 3.05) is 0 Å². The predicted octanol–water partition coefficient (Wildman–Crippen LogP) is 10.8. The van der Waals surface area contributed by atoms with Crippen LogP contribution in [0.25, 0.3) is 11.1 Å². The molecule has 348 valence electrons. The maximum atomic E-state index is 3.84. The number of hydrogen-bond acceptors (Lipinski definition) is 0. The molecular formula is C62H82Cl2Hf. The van der Waals surface area contributed by atoms with Crippen molar-refractivity contribution in [3.8, 4) is 0 Å². The normalized spacial score (nSPS) is 18.7. The van der Waals surface area contributed by atoms with Gasteiger partial charge < -0.3 is 24.8 Å². The number of halogens is 2. The van der Waals surface area contributed by atoms with Gasteiger partial charge in [0, 0.05) is 0 Å². The van der Waals surface area contributed by atoms with Gasteiger partial charge in [0.25, 0.3) is 0 Å². The Balaban J connectivity index is 0.000000272. The minimum atomic E-state index is 0. The van der Waals surface area contributed by atoms with E-state index < -0.39 is 0 Å². The summed E-state index contributed by atoms with van der Waals surface area (Å²) in [5, 5.41) is 0. The zero-order chi connectivity index (χ0) is 46.0. The van der Waals surface area contributed by atoms with E-state index in [-0.39, 0.29) is 94.0 Å². The molecule has 0 amide bonds. The second-order valence-corrected chi connectivity index (χ2v) is 26.8. The van der Waals surface area contributed by atoms with Gasteiger partial charge in [-0.15, -0.1) is 57.7 Å². The smallest absolute Gasteiger partial charge is 1.00 e. The molecular weight excluding hydrogens is 994 g/mol. The van der Waals surface area contributed by atoms with Gasteiger partial charge in [0.15, 0.2) is 0 Å². The van der Waals surface area contributed by atoms with Crippen LogP contribution in [-0.2, 0) is 82.0 Å². The van der Waals surface area contributed by atoms with Crippen molar-refractivity contribution in [1.29, 1.82) is 0 Å². The number of rotatable bonds is 2. The van der Waals surface area contributed by atoms with Crippen molar-refractivity contribution in [3.05, 3.63) is 151 Å². The summed E-state index contributed by atoms with van der Waals surface area (Å²) < 4.78 is 0. The van der Waals surface area contributed by atoms with Crippen molar-refractivity contribution in [2.24, 2.45) is 0 Å². The van der Waals surface area contributed by atoms with E-state index in [4.69, 9.17) is 0 Å². The van der Waals surface area contributed by atoms with E-state index in [9.17, 15) is 0 Å². The zero-order valence-corrected chi connectivity index (χ0v) is 49.4. The molecule has 4 aliphatic rings. The number of allylic oxidation sites excluding steroid dienone is 2. The molecule has 0 bridgehead atoms. The molecule has 0 unspecified atom stereocenters. The van der Waals surface area contributed by atoms with E-state index in [1.54, 1.807) is 11.1 Å². The van der Waals surface area contributed by atoms with Crippen molar-refractivity contribution >= 4 is 11.1 Å². The summed E-state index contributed by atoms with van der Waals surface area (Å²) >= 11 is 0. The van der Waals surface area contributed by atoms with Crippen molar-refractivity contribution < 1.29 is 50.7 Å². The molecule has 0 nitrogen and oxygen atoms in total. The Morgan fingerprint density at radius 3 is 0.815 bits per heavy atom. The second-order valence-electron chi connectivity index (χ2n) is 26.8. The van der Waals surface area contributed by atoms with Gasteiger partial charge in [-0.25, -0.2) is 0 Å². The Bertz CT molecular complexity index is 2250. The Morgan fingerprint density at radius 2 is 0.585 bits per heavy atom. The minimum Gasteiger partial charge on any atom is -1.00 e. The van der Waals surface area contributed by atoms with Crippen molar-refractivity contribution in [1.82, 2.24) is 0 Å². The third-order valence-corrected chi connectivity index (χ3v) is 15.5. The van der Waals surface area contributed by atoms with Gasteiger partial charge in [0.05, 0.1) is 0 Å². The molecule has 4 aliphatic carbocycles. The topological polar surface area (TPSA) is 0 Å². The average molecular weight is 1080 g/mol. The number of hydrogen-bond donors (Lipinski definition) is 0. The Kier molecular flexibility index (Phi) is 15.6. The fourth-order valence-electron chi connectivity index (χ4n) is 10.3. The van der Waals surface area contributed by atoms with Gasteiger partial charge in [-0.2, -0.15) is 0 Å². The van der Waals surface area contributed by atoms with Gasteiger partial charge >= 0.3 is 25.8 Å². The molecule has 0 aromatic heterocycles. The molecule has 0 spiro atoms. The number of benzene rings is 4. The molecule has 0 saturated heterocycles. The fourth-order valence-corrected chi connectivity index (χ4v) is 10.3. The third-order valence-electron chi connectivity index (χ3n) is 15.5. The Morgan fingerprint density at radius 1 is 0.354 bits per heavy atom. The Labute approximate surface area is 429 Å². The molecule has 0 aliphatic heterocycles.